The Morgan fingerprint density at radius 2 is 2.13 bits per heavy atom. The molecule has 0 aromatic rings. The fourth-order valence-electron chi connectivity index (χ4n) is 1.94. The van der Waals surface area contributed by atoms with E-state index in [2.05, 4.69) is 5.32 Å². The van der Waals surface area contributed by atoms with Crippen LogP contribution in [-0.4, -0.2) is 41.4 Å². The molecule has 0 aromatic carbocycles. The van der Waals surface area contributed by atoms with Gasteiger partial charge in [-0.15, -0.1) is 0 Å². The number of nitrogens with two attached hydrogens (primary N) is 1. The lowest BCUT2D eigenvalue weighted by Gasteiger charge is -2.27. The van der Waals surface area contributed by atoms with Crippen LogP contribution in [0.2, 0.25) is 0 Å². The molecule has 0 aromatic heterocycles. The summed E-state index contributed by atoms with van der Waals surface area (Å²) in [6.45, 7) is 0.917. The van der Waals surface area contributed by atoms with Crippen molar-refractivity contribution in [3.8, 4) is 0 Å². The van der Waals surface area contributed by atoms with E-state index < -0.39 is 12.0 Å². The predicted octanol–water partition coefficient (Wildman–Crippen LogP) is -0.461. The maximum atomic E-state index is 10.4. The van der Waals surface area contributed by atoms with E-state index in [9.17, 15) is 9.90 Å². The summed E-state index contributed by atoms with van der Waals surface area (Å²) in [7, 11) is 0. The fraction of sp³-hybridized carbons (Fsp3) is 0.900. The van der Waals surface area contributed by atoms with Crippen LogP contribution in [0.4, 0.5) is 0 Å². The third-order valence-electron chi connectivity index (χ3n) is 2.96. The third kappa shape index (κ3) is 4.15. The molecule has 5 N–H and O–H groups in total. The monoisotopic (exact) mass is 216 g/mol. The van der Waals surface area contributed by atoms with Crippen LogP contribution < -0.4 is 11.1 Å². The Morgan fingerprint density at radius 1 is 1.47 bits per heavy atom. The smallest absolute Gasteiger partial charge is 0.321 e. The fourth-order valence-corrected chi connectivity index (χ4v) is 1.94. The lowest BCUT2D eigenvalue weighted by Crippen LogP contribution is -2.43. The molecule has 0 amide bonds. The second kappa shape index (κ2) is 6.05. The summed E-state index contributed by atoms with van der Waals surface area (Å²) in [4.78, 5) is 10.4. The van der Waals surface area contributed by atoms with E-state index in [1.165, 1.54) is 0 Å². The van der Waals surface area contributed by atoms with Gasteiger partial charge in [0.2, 0.25) is 0 Å². The zero-order chi connectivity index (χ0) is 11.3. The molecule has 1 aliphatic carbocycles. The van der Waals surface area contributed by atoms with E-state index in [1.54, 1.807) is 0 Å². The summed E-state index contributed by atoms with van der Waals surface area (Å²) < 4.78 is 0. The first-order chi connectivity index (χ1) is 7.11. The van der Waals surface area contributed by atoms with Crippen LogP contribution >= 0.6 is 0 Å². The van der Waals surface area contributed by atoms with Gasteiger partial charge < -0.3 is 21.3 Å². The highest BCUT2D eigenvalue weighted by atomic mass is 16.4. The molecule has 0 spiro atoms. The van der Waals surface area contributed by atoms with Crippen LogP contribution in [0.3, 0.4) is 0 Å². The van der Waals surface area contributed by atoms with E-state index in [1.807, 2.05) is 0 Å². The van der Waals surface area contributed by atoms with Crippen molar-refractivity contribution in [1.82, 2.24) is 5.32 Å². The zero-order valence-electron chi connectivity index (χ0n) is 8.85. The van der Waals surface area contributed by atoms with Gasteiger partial charge in [-0.2, -0.15) is 0 Å². The Bertz CT molecular complexity index is 211. The highest BCUT2D eigenvalue weighted by Gasteiger charge is 2.22. The molecule has 5 heteroatoms. The Balaban J connectivity index is 2.16. The van der Waals surface area contributed by atoms with Crippen molar-refractivity contribution in [2.45, 2.75) is 37.8 Å². The first-order valence-electron chi connectivity index (χ1n) is 5.48. The van der Waals surface area contributed by atoms with Crippen molar-refractivity contribution in [3.05, 3.63) is 0 Å². The molecule has 0 heterocycles. The number of carboxylic acid groups (broad SMARTS) is 1. The van der Waals surface area contributed by atoms with E-state index in [4.69, 9.17) is 10.8 Å². The lowest BCUT2D eigenvalue weighted by molar-refractivity contribution is -0.138. The Hall–Kier alpha value is -0.650. The van der Waals surface area contributed by atoms with Crippen LogP contribution in [-0.2, 0) is 4.79 Å². The first kappa shape index (κ1) is 12.4. The molecule has 0 bridgehead atoms. The summed E-state index contributed by atoms with van der Waals surface area (Å²) in [6.07, 6.45) is 3.86. The molecular formula is C10H20N2O3. The minimum absolute atomic E-state index is 0.243. The van der Waals surface area contributed by atoms with Gasteiger partial charge in [0, 0.05) is 13.1 Å². The maximum absolute atomic E-state index is 10.4. The standard InChI is InChI=1S/C10H20N2O3/c11-8(10(14)15)6-12-5-7-3-1-2-4-9(7)13/h7-9,12-13H,1-6,11H2,(H,14,15). The normalized spacial score (nSPS) is 28.7. The molecule has 1 aliphatic rings. The molecule has 88 valence electrons. The summed E-state index contributed by atoms with van der Waals surface area (Å²) in [5.74, 6) is -0.744. The van der Waals surface area contributed by atoms with Crippen molar-refractivity contribution >= 4 is 5.97 Å². The van der Waals surface area contributed by atoms with Crippen LogP contribution in [0, 0.1) is 5.92 Å². The number of hydrogen-bond acceptors (Lipinski definition) is 4. The van der Waals surface area contributed by atoms with Gasteiger partial charge in [-0.25, -0.2) is 0 Å². The Morgan fingerprint density at radius 3 is 2.73 bits per heavy atom. The number of aliphatic hydroxyl groups excluding tert-OH is 1. The quantitative estimate of drug-likeness (QED) is 0.499. The molecule has 3 unspecified atom stereocenters. The molecular weight excluding hydrogens is 196 g/mol. The minimum Gasteiger partial charge on any atom is -0.480 e. The van der Waals surface area contributed by atoms with Gasteiger partial charge in [0.05, 0.1) is 6.10 Å². The zero-order valence-corrected chi connectivity index (χ0v) is 8.85. The average Bonchev–Trinajstić information content (AvgIpc) is 2.20. The average molecular weight is 216 g/mol. The number of aliphatic hydroxyl groups is 1. The Kier molecular flexibility index (Phi) is 5.01. The summed E-state index contributed by atoms with van der Waals surface area (Å²) >= 11 is 0. The number of nitrogens with one attached hydrogen (secondary N) is 1. The molecule has 1 fully saturated rings. The van der Waals surface area contributed by atoms with Gasteiger partial charge in [0.15, 0.2) is 0 Å². The molecule has 5 nitrogen and oxygen atoms in total. The lowest BCUT2D eigenvalue weighted by atomic mass is 9.86. The molecule has 1 saturated carbocycles. The van der Waals surface area contributed by atoms with Crippen molar-refractivity contribution in [2.75, 3.05) is 13.1 Å². The highest BCUT2D eigenvalue weighted by molar-refractivity contribution is 5.73. The predicted molar refractivity (Wildman–Crippen MR) is 56.4 cm³/mol. The SMILES string of the molecule is NC(CNCC1CCCCC1O)C(=O)O. The van der Waals surface area contributed by atoms with E-state index in [0.717, 1.165) is 25.7 Å². The van der Waals surface area contributed by atoms with Crippen LogP contribution in [0.1, 0.15) is 25.7 Å². The highest BCUT2D eigenvalue weighted by Crippen LogP contribution is 2.23. The van der Waals surface area contributed by atoms with Gasteiger partial charge >= 0.3 is 5.97 Å². The minimum atomic E-state index is -0.994. The van der Waals surface area contributed by atoms with Gasteiger partial charge in [0.1, 0.15) is 6.04 Å². The molecule has 1 rings (SSSR count). The Labute approximate surface area is 89.7 Å². The van der Waals surface area contributed by atoms with Crippen molar-refractivity contribution in [1.29, 1.82) is 0 Å². The molecule has 3 atom stereocenters. The molecule has 15 heavy (non-hydrogen) atoms. The van der Waals surface area contributed by atoms with Crippen LogP contribution in [0.15, 0.2) is 0 Å². The maximum Gasteiger partial charge on any atom is 0.321 e. The molecule has 0 radical (unpaired) electrons. The number of carbonyl (C=O) groups is 1. The molecule has 0 aliphatic heterocycles. The van der Waals surface area contributed by atoms with E-state index in [0.29, 0.717) is 6.54 Å². The van der Waals surface area contributed by atoms with Gasteiger partial charge in [-0.05, 0) is 18.8 Å². The first-order valence-corrected chi connectivity index (χ1v) is 5.48. The number of carboxylic acids is 1. The number of rotatable bonds is 5. The number of aliphatic carboxylic acids is 1. The second-order valence-corrected chi connectivity index (χ2v) is 4.21. The summed E-state index contributed by atoms with van der Waals surface area (Å²) in [5, 5.41) is 21.2. The summed E-state index contributed by atoms with van der Waals surface area (Å²) in [6, 6.07) is -0.856. The number of hydrogen-bond donors (Lipinski definition) is 4. The van der Waals surface area contributed by atoms with E-state index >= 15 is 0 Å². The summed E-state index contributed by atoms with van der Waals surface area (Å²) in [5.41, 5.74) is 5.34. The van der Waals surface area contributed by atoms with Gasteiger partial charge in [-0.1, -0.05) is 12.8 Å². The third-order valence-corrected chi connectivity index (χ3v) is 2.96. The molecule has 0 saturated heterocycles. The van der Waals surface area contributed by atoms with Gasteiger partial charge in [0.25, 0.3) is 0 Å². The van der Waals surface area contributed by atoms with Crippen molar-refractivity contribution in [2.24, 2.45) is 11.7 Å². The van der Waals surface area contributed by atoms with Crippen molar-refractivity contribution in [3.63, 3.8) is 0 Å². The topological polar surface area (TPSA) is 95.6 Å². The van der Waals surface area contributed by atoms with E-state index in [-0.39, 0.29) is 18.6 Å². The largest absolute Gasteiger partial charge is 0.480 e. The van der Waals surface area contributed by atoms with Crippen LogP contribution in [0.25, 0.3) is 0 Å². The van der Waals surface area contributed by atoms with Crippen molar-refractivity contribution < 1.29 is 15.0 Å². The van der Waals surface area contributed by atoms with Gasteiger partial charge in [-0.3, -0.25) is 4.79 Å². The second-order valence-electron chi connectivity index (χ2n) is 4.21. The van der Waals surface area contributed by atoms with Crippen LogP contribution in [0.5, 0.6) is 0 Å².